The van der Waals surface area contributed by atoms with Crippen LogP contribution in [0.3, 0.4) is 0 Å². The molecule has 2 amide bonds. The summed E-state index contributed by atoms with van der Waals surface area (Å²) in [5.41, 5.74) is 1.52. The van der Waals surface area contributed by atoms with Crippen molar-refractivity contribution < 1.29 is 14.7 Å². The fraction of sp³-hybridized carbons (Fsp3) is 0.667. The molecule has 2 aliphatic heterocycles. The molecule has 1 aromatic heterocycles. The third-order valence-corrected chi connectivity index (χ3v) is 6.48. The summed E-state index contributed by atoms with van der Waals surface area (Å²) in [6, 6.07) is 0. The topological polar surface area (TPSA) is 60.9 Å². The van der Waals surface area contributed by atoms with Crippen molar-refractivity contribution in [3.63, 3.8) is 0 Å². The number of carbonyl (C=O) groups excluding carboxylic acids is 2. The molecule has 1 N–H and O–H groups in total. The van der Waals surface area contributed by atoms with Crippen molar-refractivity contribution in [2.45, 2.75) is 39.5 Å². The van der Waals surface area contributed by atoms with Crippen molar-refractivity contribution >= 4 is 23.2 Å². The summed E-state index contributed by atoms with van der Waals surface area (Å²) in [4.78, 5) is 30.6. The molecule has 1 atom stereocenters. The van der Waals surface area contributed by atoms with Crippen molar-refractivity contribution in [3.05, 3.63) is 21.4 Å². The zero-order valence-corrected chi connectivity index (χ0v) is 15.3. The molecule has 1 aromatic rings. The van der Waals surface area contributed by atoms with Gasteiger partial charge in [0.05, 0.1) is 17.6 Å². The molecule has 0 radical (unpaired) electrons. The summed E-state index contributed by atoms with van der Waals surface area (Å²) in [7, 11) is 0. The van der Waals surface area contributed by atoms with E-state index >= 15 is 0 Å². The molecule has 6 heteroatoms. The maximum Gasteiger partial charge on any atom is 0.255 e. The summed E-state index contributed by atoms with van der Waals surface area (Å²) in [6.07, 6.45) is 3.40. The fourth-order valence-electron chi connectivity index (χ4n) is 4.18. The van der Waals surface area contributed by atoms with E-state index in [0.29, 0.717) is 19.6 Å². The van der Waals surface area contributed by atoms with Gasteiger partial charge in [-0.2, -0.15) is 0 Å². The van der Waals surface area contributed by atoms with Crippen molar-refractivity contribution in [1.82, 2.24) is 9.80 Å². The van der Waals surface area contributed by atoms with Crippen LogP contribution in [-0.4, -0.2) is 59.5 Å². The molecule has 1 spiro atoms. The lowest BCUT2D eigenvalue weighted by atomic mass is 9.78. The highest BCUT2D eigenvalue weighted by Crippen LogP contribution is 2.40. The van der Waals surface area contributed by atoms with Gasteiger partial charge >= 0.3 is 0 Å². The van der Waals surface area contributed by atoms with Gasteiger partial charge in [-0.1, -0.05) is 6.92 Å². The molecule has 0 aliphatic carbocycles. The van der Waals surface area contributed by atoms with E-state index in [1.54, 1.807) is 16.2 Å². The summed E-state index contributed by atoms with van der Waals surface area (Å²) in [5, 5.41) is 11.1. The van der Waals surface area contributed by atoms with Crippen molar-refractivity contribution in [1.29, 1.82) is 0 Å². The van der Waals surface area contributed by atoms with Gasteiger partial charge in [-0.05, 0) is 38.2 Å². The maximum atomic E-state index is 12.9. The van der Waals surface area contributed by atoms with Crippen LogP contribution in [0.25, 0.3) is 0 Å². The van der Waals surface area contributed by atoms with E-state index in [4.69, 9.17) is 5.11 Å². The van der Waals surface area contributed by atoms with E-state index in [0.717, 1.165) is 43.4 Å². The predicted molar refractivity (Wildman–Crippen MR) is 94.3 cm³/mol. The van der Waals surface area contributed by atoms with E-state index in [9.17, 15) is 9.59 Å². The molecular formula is C18H26N2O3S. The van der Waals surface area contributed by atoms with Crippen molar-refractivity contribution in [2.75, 3.05) is 32.8 Å². The molecule has 0 bridgehead atoms. The molecule has 2 fully saturated rings. The highest BCUT2D eigenvalue weighted by Gasteiger charge is 2.49. The van der Waals surface area contributed by atoms with Crippen LogP contribution in [0.4, 0.5) is 0 Å². The van der Waals surface area contributed by atoms with Crippen LogP contribution >= 0.6 is 11.3 Å². The smallest absolute Gasteiger partial charge is 0.255 e. The van der Waals surface area contributed by atoms with Crippen LogP contribution < -0.4 is 0 Å². The Morgan fingerprint density at radius 2 is 2.17 bits per heavy atom. The Kier molecular flexibility index (Phi) is 4.97. The van der Waals surface area contributed by atoms with Crippen molar-refractivity contribution in [3.8, 4) is 0 Å². The normalized spacial score (nSPS) is 24.2. The maximum absolute atomic E-state index is 12.9. The van der Waals surface area contributed by atoms with Gasteiger partial charge in [-0.15, -0.1) is 11.3 Å². The average Bonchev–Trinajstić information content (AvgIpc) is 3.16. The minimum atomic E-state index is -0.430. The highest BCUT2D eigenvalue weighted by atomic mass is 32.1. The van der Waals surface area contributed by atoms with Gasteiger partial charge in [0, 0.05) is 36.4 Å². The number of rotatable bonds is 4. The third-order valence-electron chi connectivity index (χ3n) is 5.52. The van der Waals surface area contributed by atoms with Crippen LogP contribution in [0, 0.1) is 12.3 Å². The van der Waals surface area contributed by atoms with Crippen molar-refractivity contribution in [2.24, 2.45) is 5.41 Å². The first-order valence-corrected chi connectivity index (χ1v) is 9.67. The van der Waals surface area contributed by atoms with Crippen LogP contribution in [0.2, 0.25) is 0 Å². The Labute approximate surface area is 147 Å². The number of carbonyl (C=O) groups is 2. The van der Waals surface area contributed by atoms with E-state index in [-0.39, 0.29) is 18.4 Å². The number of piperidine rings is 1. The zero-order valence-electron chi connectivity index (χ0n) is 14.5. The van der Waals surface area contributed by atoms with Crippen LogP contribution in [0.15, 0.2) is 5.38 Å². The minimum Gasteiger partial charge on any atom is -0.395 e. The fourth-order valence-corrected chi connectivity index (χ4v) is 5.11. The second kappa shape index (κ2) is 6.84. The van der Waals surface area contributed by atoms with Crippen LogP contribution in [0.5, 0.6) is 0 Å². The number of thiophene rings is 1. The summed E-state index contributed by atoms with van der Waals surface area (Å²) >= 11 is 1.63. The lowest BCUT2D eigenvalue weighted by Crippen LogP contribution is -2.51. The van der Waals surface area contributed by atoms with Gasteiger partial charge < -0.3 is 14.9 Å². The number of nitrogens with zero attached hydrogens (tertiary/aromatic N) is 2. The predicted octanol–water partition coefficient (Wildman–Crippen LogP) is 2.07. The summed E-state index contributed by atoms with van der Waals surface area (Å²) in [5.74, 6) is 0.190. The molecule has 2 saturated heterocycles. The molecule has 132 valence electrons. The largest absolute Gasteiger partial charge is 0.395 e. The second-order valence-corrected chi connectivity index (χ2v) is 8.00. The number of β-amino-alcohol motifs (C(OH)–C–C–N with tert-alkyl or cyclic N) is 1. The monoisotopic (exact) mass is 350 g/mol. The highest BCUT2D eigenvalue weighted by molar-refractivity contribution is 7.10. The lowest BCUT2D eigenvalue weighted by molar-refractivity contribution is -0.146. The van der Waals surface area contributed by atoms with E-state index in [2.05, 4.69) is 13.8 Å². The first kappa shape index (κ1) is 17.4. The molecule has 3 heterocycles. The van der Waals surface area contributed by atoms with E-state index < -0.39 is 5.41 Å². The Morgan fingerprint density at radius 1 is 1.38 bits per heavy atom. The van der Waals surface area contributed by atoms with Gasteiger partial charge in [0.15, 0.2) is 0 Å². The van der Waals surface area contributed by atoms with E-state index in [1.807, 2.05) is 10.3 Å². The molecule has 24 heavy (non-hydrogen) atoms. The Hall–Kier alpha value is -1.40. The molecule has 3 rings (SSSR count). The Morgan fingerprint density at radius 3 is 2.88 bits per heavy atom. The third kappa shape index (κ3) is 2.86. The van der Waals surface area contributed by atoms with Gasteiger partial charge in [0.25, 0.3) is 5.91 Å². The molecule has 5 nitrogen and oxygen atoms in total. The van der Waals surface area contributed by atoms with Gasteiger partial charge in [0.1, 0.15) is 0 Å². The minimum absolute atomic E-state index is 0.00148. The molecule has 2 aliphatic rings. The number of hydrogen-bond donors (Lipinski definition) is 1. The Balaban J connectivity index is 1.77. The lowest BCUT2D eigenvalue weighted by Gasteiger charge is -2.39. The number of likely N-dealkylation sites (tertiary alicyclic amines) is 2. The first-order valence-electron chi connectivity index (χ1n) is 8.79. The number of aliphatic hydroxyl groups is 1. The summed E-state index contributed by atoms with van der Waals surface area (Å²) in [6.45, 7) is 6.42. The van der Waals surface area contributed by atoms with Gasteiger partial charge in [-0.25, -0.2) is 0 Å². The molecular weight excluding hydrogens is 324 g/mol. The van der Waals surface area contributed by atoms with Crippen LogP contribution in [-0.2, 0) is 11.2 Å². The second-order valence-electron chi connectivity index (χ2n) is 6.91. The van der Waals surface area contributed by atoms with Gasteiger partial charge in [-0.3, -0.25) is 9.59 Å². The number of aryl methyl sites for hydroxylation is 1. The standard InChI is InChI=1S/C18H26N2O3S/c1-3-14-13(2)24-11-15(14)16(22)20-8-6-18(12-20)5-4-7-19(9-10-21)17(18)23/h11,21H,3-10,12H2,1-2H3/t18-/m0/s1. The Bertz CT molecular complexity index is 640. The average molecular weight is 350 g/mol. The molecule has 0 saturated carbocycles. The zero-order chi connectivity index (χ0) is 17.3. The SMILES string of the molecule is CCc1c(C(=O)N2CC[C@@]3(CCCN(CCO)C3=O)C2)csc1C. The van der Waals surface area contributed by atoms with Crippen LogP contribution in [0.1, 0.15) is 47.0 Å². The first-order chi connectivity index (χ1) is 11.5. The summed E-state index contributed by atoms with van der Waals surface area (Å²) < 4.78 is 0. The number of amides is 2. The molecule has 0 aromatic carbocycles. The number of aliphatic hydroxyl groups excluding tert-OH is 1. The van der Waals surface area contributed by atoms with Gasteiger partial charge in [0.2, 0.25) is 5.91 Å². The number of hydrogen-bond acceptors (Lipinski definition) is 4. The molecule has 0 unspecified atom stereocenters. The quantitative estimate of drug-likeness (QED) is 0.904. The van der Waals surface area contributed by atoms with E-state index in [1.165, 1.54) is 4.88 Å².